The van der Waals surface area contributed by atoms with Crippen LogP contribution in [0.25, 0.3) is 11.6 Å². The number of halogens is 1. The molecule has 4 nitrogen and oxygen atoms in total. The van der Waals surface area contributed by atoms with Crippen molar-refractivity contribution in [1.82, 2.24) is 9.97 Å². The van der Waals surface area contributed by atoms with Crippen LogP contribution in [-0.2, 0) is 0 Å². The van der Waals surface area contributed by atoms with Gasteiger partial charge in [-0.1, -0.05) is 6.92 Å². The molecular formula is C13H14BrN3O. The summed E-state index contributed by atoms with van der Waals surface area (Å²) in [6.45, 7) is 2.24. The summed E-state index contributed by atoms with van der Waals surface area (Å²) in [4.78, 5) is 8.69. The summed E-state index contributed by atoms with van der Waals surface area (Å²) in [5.74, 6) is 4.48. The molecule has 1 saturated carbocycles. The minimum absolute atomic E-state index is 0.581. The van der Waals surface area contributed by atoms with Gasteiger partial charge in [-0.2, -0.15) is 0 Å². The van der Waals surface area contributed by atoms with Crippen LogP contribution in [0, 0.1) is 5.92 Å². The predicted octanol–water partition coefficient (Wildman–Crippen LogP) is 3.66. The number of hydrogen-bond donors (Lipinski definition) is 1. The van der Waals surface area contributed by atoms with E-state index in [1.165, 1.54) is 6.42 Å². The van der Waals surface area contributed by atoms with Gasteiger partial charge in [-0.3, -0.25) is 0 Å². The fraction of sp³-hybridized carbons (Fsp3) is 0.385. The summed E-state index contributed by atoms with van der Waals surface area (Å²) in [6, 6.07) is 3.98. The van der Waals surface area contributed by atoms with Crippen molar-refractivity contribution in [2.75, 3.05) is 12.4 Å². The number of rotatable bonds is 3. The van der Waals surface area contributed by atoms with E-state index in [0.29, 0.717) is 11.7 Å². The first-order chi connectivity index (χ1) is 8.69. The quantitative estimate of drug-likeness (QED) is 0.940. The second kappa shape index (κ2) is 4.39. The highest BCUT2D eigenvalue weighted by Crippen LogP contribution is 2.47. The van der Waals surface area contributed by atoms with Crippen LogP contribution < -0.4 is 5.32 Å². The number of nitrogens with zero attached hydrogens (tertiary/aromatic N) is 2. The van der Waals surface area contributed by atoms with Crippen LogP contribution in [-0.4, -0.2) is 17.0 Å². The van der Waals surface area contributed by atoms with E-state index in [1.54, 1.807) is 6.20 Å². The van der Waals surface area contributed by atoms with Crippen LogP contribution >= 0.6 is 15.9 Å². The first kappa shape index (κ1) is 11.7. The van der Waals surface area contributed by atoms with E-state index in [4.69, 9.17) is 4.42 Å². The smallest absolute Gasteiger partial charge is 0.197 e. The monoisotopic (exact) mass is 307 g/mol. The van der Waals surface area contributed by atoms with Crippen molar-refractivity contribution in [2.45, 2.75) is 19.3 Å². The molecular weight excluding hydrogens is 294 g/mol. The SMILES string of the molecule is CNc1nc(-c2ccc(C3CC3C)o2)ncc1Br. The van der Waals surface area contributed by atoms with Crippen molar-refractivity contribution in [2.24, 2.45) is 5.92 Å². The molecule has 1 fully saturated rings. The second-order valence-corrected chi connectivity index (χ2v) is 5.52. The average molecular weight is 308 g/mol. The Morgan fingerprint density at radius 2 is 2.22 bits per heavy atom. The number of hydrogen-bond acceptors (Lipinski definition) is 4. The van der Waals surface area contributed by atoms with Gasteiger partial charge in [0.25, 0.3) is 0 Å². The summed E-state index contributed by atoms with van der Waals surface area (Å²) in [7, 11) is 1.83. The summed E-state index contributed by atoms with van der Waals surface area (Å²) >= 11 is 3.39. The molecule has 0 radical (unpaired) electrons. The molecule has 1 aliphatic carbocycles. The standard InChI is InChI=1S/C13H14BrN3O/c1-7-5-8(7)10-3-4-11(18-10)13-16-6-9(14)12(15-2)17-13/h3-4,6-8H,5H2,1-2H3,(H,15,16,17). The molecule has 1 aliphatic rings. The molecule has 0 aliphatic heterocycles. The third-order valence-electron chi connectivity index (χ3n) is 3.30. The molecule has 2 atom stereocenters. The first-order valence-electron chi connectivity index (χ1n) is 5.99. The number of aromatic nitrogens is 2. The lowest BCUT2D eigenvalue weighted by molar-refractivity contribution is 0.515. The van der Waals surface area contributed by atoms with Crippen molar-refractivity contribution in [3.05, 3.63) is 28.6 Å². The lowest BCUT2D eigenvalue weighted by Crippen LogP contribution is -1.96. The third-order valence-corrected chi connectivity index (χ3v) is 3.88. The van der Waals surface area contributed by atoms with Gasteiger partial charge in [0.1, 0.15) is 11.6 Å². The molecule has 5 heteroatoms. The van der Waals surface area contributed by atoms with Gasteiger partial charge in [0, 0.05) is 19.2 Å². The van der Waals surface area contributed by atoms with Crippen LogP contribution in [0.1, 0.15) is 25.0 Å². The van der Waals surface area contributed by atoms with Gasteiger partial charge in [0.2, 0.25) is 0 Å². The number of nitrogens with one attached hydrogen (secondary N) is 1. The number of anilines is 1. The highest BCUT2D eigenvalue weighted by Gasteiger charge is 2.36. The Hall–Kier alpha value is -1.36. The highest BCUT2D eigenvalue weighted by atomic mass is 79.9. The van der Waals surface area contributed by atoms with Crippen LogP contribution in [0.2, 0.25) is 0 Å². The topological polar surface area (TPSA) is 51.0 Å². The van der Waals surface area contributed by atoms with Crippen LogP contribution in [0.15, 0.2) is 27.2 Å². The third kappa shape index (κ3) is 2.03. The Bertz CT molecular complexity index is 581. The van der Waals surface area contributed by atoms with E-state index >= 15 is 0 Å². The Labute approximate surface area is 114 Å². The lowest BCUT2D eigenvalue weighted by atomic mass is 10.3. The molecule has 2 heterocycles. The van der Waals surface area contributed by atoms with Gasteiger partial charge >= 0.3 is 0 Å². The Balaban J connectivity index is 1.92. The largest absolute Gasteiger partial charge is 0.457 e. The molecule has 3 rings (SSSR count). The molecule has 94 valence electrons. The van der Waals surface area contributed by atoms with E-state index in [9.17, 15) is 0 Å². The summed E-state index contributed by atoms with van der Waals surface area (Å²) in [6.07, 6.45) is 2.95. The molecule has 0 saturated heterocycles. The molecule has 0 aromatic carbocycles. The molecule has 18 heavy (non-hydrogen) atoms. The molecule has 0 bridgehead atoms. The van der Waals surface area contributed by atoms with Gasteiger partial charge in [0.05, 0.1) is 4.47 Å². The molecule has 2 unspecified atom stereocenters. The minimum Gasteiger partial charge on any atom is -0.457 e. The Morgan fingerprint density at radius 1 is 1.44 bits per heavy atom. The van der Waals surface area contributed by atoms with Crippen LogP contribution in [0.3, 0.4) is 0 Å². The van der Waals surface area contributed by atoms with Crippen molar-refractivity contribution >= 4 is 21.7 Å². The van der Waals surface area contributed by atoms with Crippen molar-refractivity contribution in [3.8, 4) is 11.6 Å². The maximum Gasteiger partial charge on any atom is 0.197 e. The Morgan fingerprint density at radius 3 is 2.89 bits per heavy atom. The van der Waals surface area contributed by atoms with Crippen LogP contribution in [0.5, 0.6) is 0 Å². The van der Waals surface area contributed by atoms with Gasteiger partial charge in [-0.25, -0.2) is 9.97 Å². The summed E-state index contributed by atoms with van der Waals surface area (Å²) in [5.41, 5.74) is 0. The zero-order chi connectivity index (χ0) is 12.7. The normalized spacial score (nSPS) is 21.9. The van der Waals surface area contributed by atoms with Crippen LogP contribution in [0.4, 0.5) is 5.82 Å². The zero-order valence-corrected chi connectivity index (χ0v) is 11.9. The minimum atomic E-state index is 0.581. The van der Waals surface area contributed by atoms with E-state index in [2.05, 4.69) is 38.1 Å². The second-order valence-electron chi connectivity index (χ2n) is 4.66. The first-order valence-corrected chi connectivity index (χ1v) is 6.78. The lowest BCUT2D eigenvalue weighted by Gasteiger charge is -2.03. The average Bonchev–Trinajstić information content (AvgIpc) is 2.92. The fourth-order valence-corrected chi connectivity index (χ4v) is 2.44. The van der Waals surface area contributed by atoms with E-state index in [1.807, 2.05) is 19.2 Å². The Kier molecular flexibility index (Phi) is 2.86. The molecule has 1 N–H and O–H groups in total. The van der Waals surface area contributed by atoms with Crippen molar-refractivity contribution in [3.63, 3.8) is 0 Å². The summed E-state index contributed by atoms with van der Waals surface area (Å²) in [5, 5.41) is 3.01. The van der Waals surface area contributed by atoms with E-state index in [0.717, 1.165) is 27.7 Å². The van der Waals surface area contributed by atoms with Gasteiger partial charge in [0.15, 0.2) is 11.6 Å². The van der Waals surface area contributed by atoms with Crippen molar-refractivity contribution < 1.29 is 4.42 Å². The molecule has 0 spiro atoms. The van der Waals surface area contributed by atoms with Gasteiger partial charge < -0.3 is 9.73 Å². The zero-order valence-electron chi connectivity index (χ0n) is 10.3. The fourth-order valence-electron chi connectivity index (χ4n) is 2.05. The maximum absolute atomic E-state index is 5.84. The maximum atomic E-state index is 5.84. The van der Waals surface area contributed by atoms with E-state index in [-0.39, 0.29) is 0 Å². The predicted molar refractivity (Wildman–Crippen MR) is 73.5 cm³/mol. The van der Waals surface area contributed by atoms with Gasteiger partial charge in [-0.05, 0) is 40.4 Å². The van der Waals surface area contributed by atoms with Gasteiger partial charge in [-0.15, -0.1) is 0 Å². The van der Waals surface area contributed by atoms with Crippen molar-refractivity contribution in [1.29, 1.82) is 0 Å². The molecule has 2 aromatic heterocycles. The molecule has 0 amide bonds. The highest BCUT2D eigenvalue weighted by molar-refractivity contribution is 9.10. The van der Waals surface area contributed by atoms with E-state index < -0.39 is 0 Å². The number of furan rings is 1. The molecule has 2 aromatic rings. The summed E-state index contributed by atoms with van der Waals surface area (Å²) < 4.78 is 6.68.